The number of benzene rings is 2. The molecule has 0 aliphatic rings. The van der Waals surface area contributed by atoms with Crippen LogP contribution in [0.1, 0.15) is 54.6 Å². The highest BCUT2D eigenvalue weighted by Gasteiger charge is 2.14. The molecule has 0 unspecified atom stereocenters. The van der Waals surface area contributed by atoms with Crippen molar-refractivity contribution in [2.45, 2.75) is 40.0 Å². The summed E-state index contributed by atoms with van der Waals surface area (Å²) in [4.78, 5) is 24.6. The van der Waals surface area contributed by atoms with Crippen LogP contribution in [0.15, 0.2) is 42.5 Å². The van der Waals surface area contributed by atoms with E-state index in [1.54, 1.807) is 24.3 Å². The van der Waals surface area contributed by atoms with Gasteiger partial charge in [0.25, 0.3) is 11.8 Å². The lowest BCUT2D eigenvalue weighted by Gasteiger charge is -2.15. The summed E-state index contributed by atoms with van der Waals surface area (Å²) < 4.78 is 5.77. The lowest BCUT2D eigenvalue weighted by Crippen LogP contribution is -2.27. The van der Waals surface area contributed by atoms with Crippen LogP contribution in [0, 0.1) is 6.92 Å². The zero-order valence-electron chi connectivity index (χ0n) is 16.5. The summed E-state index contributed by atoms with van der Waals surface area (Å²) in [5, 5.41) is 5.60. The molecule has 2 aromatic rings. The van der Waals surface area contributed by atoms with Crippen LogP contribution in [0.25, 0.3) is 0 Å². The number of carbonyl (C=O) groups is 2. The van der Waals surface area contributed by atoms with E-state index in [4.69, 9.17) is 4.74 Å². The van der Waals surface area contributed by atoms with Crippen molar-refractivity contribution in [3.05, 3.63) is 59.2 Å². The maximum atomic E-state index is 12.4. The second-order valence-corrected chi connectivity index (χ2v) is 6.83. The SMILES string of the molecule is CCCNC(=O)c1ccccc1NC(=O)COc1cc(C)ccc1C(C)C. The molecule has 2 rings (SSSR count). The van der Waals surface area contributed by atoms with E-state index in [2.05, 4.69) is 24.5 Å². The number of nitrogens with one attached hydrogen (secondary N) is 2. The van der Waals surface area contributed by atoms with Crippen molar-refractivity contribution in [1.82, 2.24) is 5.32 Å². The molecule has 2 amide bonds. The summed E-state index contributed by atoms with van der Waals surface area (Å²) >= 11 is 0. The van der Waals surface area contributed by atoms with E-state index in [1.807, 2.05) is 32.0 Å². The molecule has 0 heterocycles. The fraction of sp³-hybridized carbons (Fsp3) is 0.364. The smallest absolute Gasteiger partial charge is 0.262 e. The molecule has 0 radical (unpaired) electrons. The molecule has 27 heavy (non-hydrogen) atoms. The Morgan fingerprint density at radius 1 is 1.11 bits per heavy atom. The summed E-state index contributed by atoms with van der Waals surface area (Å²) in [7, 11) is 0. The third-order valence-electron chi connectivity index (χ3n) is 4.13. The maximum absolute atomic E-state index is 12.4. The first kappa shape index (κ1) is 20.5. The molecule has 5 nitrogen and oxygen atoms in total. The second-order valence-electron chi connectivity index (χ2n) is 6.83. The number of rotatable bonds is 8. The molecule has 0 atom stereocenters. The fourth-order valence-corrected chi connectivity index (χ4v) is 2.70. The standard InChI is InChI=1S/C22H28N2O3/c1-5-12-23-22(26)18-8-6-7-9-19(18)24-21(25)14-27-20-13-16(4)10-11-17(20)15(2)3/h6-11,13,15H,5,12,14H2,1-4H3,(H,23,26)(H,24,25). The Bertz CT molecular complexity index is 800. The van der Waals surface area contributed by atoms with Gasteiger partial charge in [0.1, 0.15) is 5.75 Å². The van der Waals surface area contributed by atoms with E-state index >= 15 is 0 Å². The average Bonchev–Trinajstić information content (AvgIpc) is 2.64. The van der Waals surface area contributed by atoms with Gasteiger partial charge in [0.15, 0.2) is 6.61 Å². The van der Waals surface area contributed by atoms with Gasteiger partial charge in [0.05, 0.1) is 11.3 Å². The van der Waals surface area contributed by atoms with E-state index in [-0.39, 0.29) is 18.4 Å². The van der Waals surface area contributed by atoms with Crippen LogP contribution in [-0.2, 0) is 4.79 Å². The van der Waals surface area contributed by atoms with Crippen molar-refractivity contribution >= 4 is 17.5 Å². The number of hydrogen-bond acceptors (Lipinski definition) is 3. The highest BCUT2D eigenvalue weighted by atomic mass is 16.5. The number of hydrogen-bond donors (Lipinski definition) is 2. The van der Waals surface area contributed by atoms with Gasteiger partial charge in [-0.2, -0.15) is 0 Å². The molecular formula is C22H28N2O3. The maximum Gasteiger partial charge on any atom is 0.262 e. The van der Waals surface area contributed by atoms with E-state index < -0.39 is 0 Å². The average molecular weight is 368 g/mol. The molecule has 144 valence electrons. The van der Waals surface area contributed by atoms with Crippen LogP contribution >= 0.6 is 0 Å². The quantitative estimate of drug-likeness (QED) is 0.731. The van der Waals surface area contributed by atoms with Gasteiger partial charge in [-0.25, -0.2) is 0 Å². The van der Waals surface area contributed by atoms with Crippen LogP contribution < -0.4 is 15.4 Å². The number of amides is 2. The normalized spacial score (nSPS) is 10.6. The highest BCUT2D eigenvalue weighted by molar-refractivity contribution is 6.04. The molecule has 5 heteroatoms. The van der Waals surface area contributed by atoms with Crippen molar-refractivity contribution in [2.75, 3.05) is 18.5 Å². The topological polar surface area (TPSA) is 67.4 Å². The third kappa shape index (κ3) is 5.84. The number of carbonyl (C=O) groups excluding carboxylic acids is 2. The van der Waals surface area contributed by atoms with Crippen LogP contribution in [0.3, 0.4) is 0 Å². The number of ether oxygens (including phenoxy) is 1. The Morgan fingerprint density at radius 2 is 1.85 bits per heavy atom. The Morgan fingerprint density at radius 3 is 2.56 bits per heavy atom. The Kier molecular flexibility index (Phi) is 7.41. The van der Waals surface area contributed by atoms with Gasteiger partial charge in [-0.05, 0) is 48.6 Å². The molecule has 0 spiro atoms. The van der Waals surface area contributed by atoms with Gasteiger partial charge in [-0.1, -0.05) is 45.0 Å². The van der Waals surface area contributed by atoms with E-state index in [0.29, 0.717) is 29.5 Å². The van der Waals surface area contributed by atoms with Gasteiger partial charge in [0, 0.05) is 6.54 Å². The van der Waals surface area contributed by atoms with Crippen molar-refractivity contribution in [2.24, 2.45) is 0 Å². The van der Waals surface area contributed by atoms with Crippen molar-refractivity contribution in [3.63, 3.8) is 0 Å². The lowest BCUT2D eigenvalue weighted by molar-refractivity contribution is -0.118. The summed E-state index contributed by atoms with van der Waals surface area (Å²) in [6, 6.07) is 13.0. The van der Waals surface area contributed by atoms with Crippen LogP contribution in [0.4, 0.5) is 5.69 Å². The van der Waals surface area contributed by atoms with Crippen molar-refractivity contribution in [3.8, 4) is 5.75 Å². The molecule has 2 aromatic carbocycles. The second kappa shape index (κ2) is 9.76. The minimum atomic E-state index is -0.304. The fourth-order valence-electron chi connectivity index (χ4n) is 2.70. The van der Waals surface area contributed by atoms with Gasteiger partial charge >= 0.3 is 0 Å². The minimum Gasteiger partial charge on any atom is -0.483 e. The van der Waals surface area contributed by atoms with Crippen molar-refractivity contribution < 1.29 is 14.3 Å². The van der Waals surface area contributed by atoms with Crippen LogP contribution in [-0.4, -0.2) is 25.0 Å². The molecule has 0 saturated carbocycles. The summed E-state index contributed by atoms with van der Waals surface area (Å²) in [5.74, 6) is 0.511. The first-order chi connectivity index (χ1) is 12.9. The molecular weight excluding hydrogens is 340 g/mol. The predicted octanol–water partition coefficient (Wildman–Crippen LogP) is 4.28. The van der Waals surface area contributed by atoms with Gasteiger partial charge < -0.3 is 15.4 Å². The monoisotopic (exact) mass is 368 g/mol. The van der Waals surface area contributed by atoms with Gasteiger partial charge in [0.2, 0.25) is 0 Å². The molecule has 0 aromatic heterocycles. The minimum absolute atomic E-state index is 0.117. The zero-order valence-corrected chi connectivity index (χ0v) is 16.5. The molecule has 0 aliphatic carbocycles. The highest BCUT2D eigenvalue weighted by Crippen LogP contribution is 2.27. The zero-order chi connectivity index (χ0) is 19.8. The first-order valence-electron chi connectivity index (χ1n) is 9.32. The molecule has 0 fully saturated rings. The molecule has 2 N–H and O–H groups in total. The number of aryl methyl sites for hydroxylation is 1. The molecule has 0 bridgehead atoms. The largest absolute Gasteiger partial charge is 0.483 e. The van der Waals surface area contributed by atoms with E-state index in [0.717, 1.165) is 17.5 Å². The van der Waals surface area contributed by atoms with Gasteiger partial charge in [-0.3, -0.25) is 9.59 Å². The summed E-state index contributed by atoms with van der Waals surface area (Å²) in [6.07, 6.45) is 0.850. The third-order valence-corrected chi connectivity index (χ3v) is 4.13. The van der Waals surface area contributed by atoms with E-state index in [9.17, 15) is 9.59 Å². The molecule has 0 saturated heterocycles. The Labute approximate surface area is 161 Å². The Hall–Kier alpha value is -2.82. The predicted molar refractivity (Wildman–Crippen MR) is 108 cm³/mol. The van der Waals surface area contributed by atoms with Gasteiger partial charge in [-0.15, -0.1) is 0 Å². The Balaban J connectivity index is 2.05. The van der Waals surface area contributed by atoms with Crippen LogP contribution in [0.2, 0.25) is 0 Å². The summed E-state index contributed by atoms with van der Waals surface area (Å²) in [5.41, 5.74) is 3.06. The number of para-hydroxylation sites is 1. The van der Waals surface area contributed by atoms with Crippen molar-refractivity contribution in [1.29, 1.82) is 0 Å². The van der Waals surface area contributed by atoms with Crippen LogP contribution in [0.5, 0.6) is 5.75 Å². The number of anilines is 1. The first-order valence-corrected chi connectivity index (χ1v) is 9.32. The lowest BCUT2D eigenvalue weighted by atomic mass is 10.0. The van der Waals surface area contributed by atoms with E-state index in [1.165, 1.54) is 0 Å². The summed E-state index contributed by atoms with van der Waals surface area (Å²) in [6.45, 7) is 8.62. The molecule has 0 aliphatic heterocycles.